The van der Waals surface area contributed by atoms with Crippen LogP contribution in [0.1, 0.15) is 0 Å². The lowest BCUT2D eigenvalue weighted by atomic mass is 10.1. The maximum absolute atomic E-state index is 10.7. The third-order valence-electron chi connectivity index (χ3n) is 2.54. The number of hydrogen-bond acceptors (Lipinski definition) is 4. The van der Waals surface area contributed by atoms with Crippen molar-refractivity contribution in [3.05, 3.63) is 40.4 Å². The lowest BCUT2D eigenvalue weighted by Gasteiger charge is -2.08. The van der Waals surface area contributed by atoms with E-state index in [1.807, 2.05) is 0 Å². The van der Waals surface area contributed by atoms with Crippen molar-refractivity contribution < 1.29 is 14.4 Å². The van der Waals surface area contributed by atoms with Crippen LogP contribution in [0.4, 0.5) is 5.69 Å². The molecule has 0 spiro atoms. The van der Waals surface area contributed by atoms with Crippen LogP contribution in [0.3, 0.4) is 0 Å². The van der Waals surface area contributed by atoms with E-state index >= 15 is 0 Å². The van der Waals surface area contributed by atoms with Gasteiger partial charge in [-0.05, 0) is 29.0 Å². The average Bonchev–Trinajstić information content (AvgIpc) is 2.36. The maximum atomic E-state index is 10.7. The molecule has 0 bridgehead atoms. The Labute approximate surface area is 97.7 Å². The van der Waals surface area contributed by atoms with Crippen LogP contribution in [0.25, 0.3) is 10.8 Å². The molecule has 17 heavy (non-hydrogen) atoms. The third kappa shape index (κ3) is 1.99. The molecule has 0 aliphatic carbocycles. The molecule has 2 aromatic carbocycles. The fourth-order valence-electron chi connectivity index (χ4n) is 1.68. The average molecular weight is 233 g/mol. The molecule has 2 rings (SSSR count). The number of ether oxygens (including phenoxy) is 2. The topological polar surface area (TPSA) is 61.6 Å². The Morgan fingerprint density at radius 3 is 2.12 bits per heavy atom. The van der Waals surface area contributed by atoms with Crippen molar-refractivity contribution in [2.45, 2.75) is 0 Å². The number of nitro benzene ring substituents is 1. The first kappa shape index (κ1) is 11.2. The van der Waals surface area contributed by atoms with Gasteiger partial charge in [0.1, 0.15) is 0 Å². The van der Waals surface area contributed by atoms with E-state index < -0.39 is 4.92 Å². The molecule has 0 unspecified atom stereocenters. The van der Waals surface area contributed by atoms with E-state index in [0.29, 0.717) is 11.5 Å². The molecule has 0 saturated heterocycles. The van der Waals surface area contributed by atoms with Crippen molar-refractivity contribution in [3.63, 3.8) is 0 Å². The van der Waals surface area contributed by atoms with Gasteiger partial charge in [0, 0.05) is 12.1 Å². The SMILES string of the molecule is COc1cc2ccc([N+](=O)[O-])cc2cc1OC. The molecule has 5 heteroatoms. The predicted molar refractivity (Wildman–Crippen MR) is 63.7 cm³/mol. The first-order chi connectivity index (χ1) is 8.15. The lowest BCUT2D eigenvalue weighted by Crippen LogP contribution is -1.91. The highest BCUT2D eigenvalue weighted by atomic mass is 16.6. The Hall–Kier alpha value is -2.30. The number of rotatable bonds is 3. The monoisotopic (exact) mass is 233 g/mol. The number of methoxy groups -OCH3 is 2. The molecule has 0 saturated carbocycles. The van der Waals surface area contributed by atoms with Gasteiger partial charge in [0.25, 0.3) is 5.69 Å². The molecular formula is C12H11NO4. The molecular weight excluding hydrogens is 222 g/mol. The highest BCUT2D eigenvalue weighted by Crippen LogP contribution is 2.33. The number of hydrogen-bond donors (Lipinski definition) is 0. The summed E-state index contributed by atoms with van der Waals surface area (Å²) in [6.45, 7) is 0. The minimum atomic E-state index is -0.420. The molecule has 0 aromatic heterocycles. The van der Waals surface area contributed by atoms with E-state index in [-0.39, 0.29) is 5.69 Å². The summed E-state index contributed by atoms with van der Waals surface area (Å²) >= 11 is 0. The Bertz CT molecular complexity index is 580. The predicted octanol–water partition coefficient (Wildman–Crippen LogP) is 2.77. The van der Waals surface area contributed by atoms with Crippen LogP contribution in [-0.4, -0.2) is 19.1 Å². The van der Waals surface area contributed by atoms with E-state index in [2.05, 4.69) is 0 Å². The Kier molecular flexibility index (Phi) is 2.82. The van der Waals surface area contributed by atoms with Crippen molar-refractivity contribution in [2.75, 3.05) is 14.2 Å². The van der Waals surface area contributed by atoms with Gasteiger partial charge < -0.3 is 9.47 Å². The Balaban J connectivity index is 2.66. The standard InChI is InChI=1S/C12H11NO4/c1-16-11-6-8-3-4-10(13(14)15)5-9(8)7-12(11)17-2/h3-7H,1-2H3. The number of nitro groups is 1. The van der Waals surface area contributed by atoms with Gasteiger partial charge in [-0.1, -0.05) is 0 Å². The molecule has 0 amide bonds. The maximum Gasteiger partial charge on any atom is 0.270 e. The quantitative estimate of drug-likeness (QED) is 0.604. The van der Waals surface area contributed by atoms with Crippen LogP contribution in [0.2, 0.25) is 0 Å². The van der Waals surface area contributed by atoms with Crippen molar-refractivity contribution >= 4 is 16.5 Å². The first-order valence-electron chi connectivity index (χ1n) is 4.96. The molecule has 2 aromatic rings. The summed E-state index contributed by atoms with van der Waals surface area (Å²) in [5.74, 6) is 1.16. The number of nitrogens with zero attached hydrogens (tertiary/aromatic N) is 1. The fourth-order valence-corrected chi connectivity index (χ4v) is 1.68. The van der Waals surface area contributed by atoms with Crippen molar-refractivity contribution in [1.29, 1.82) is 0 Å². The zero-order valence-corrected chi connectivity index (χ0v) is 9.47. The highest BCUT2D eigenvalue weighted by Gasteiger charge is 2.10. The van der Waals surface area contributed by atoms with Crippen LogP contribution in [0.5, 0.6) is 11.5 Å². The number of non-ortho nitro benzene ring substituents is 1. The summed E-state index contributed by atoms with van der Waals surface area (Å²) in [5.41, 5.74) is 0.0599. The molecule has 5 nitrogen and oxygen atoms in total. The van der Waals surface area contributed by atoms with Gasteiger partial charge in [0.2, 0.25) is 0 Å². The lowest BCUT2D eigenvalue weighted by molar-refractivity contribution is -0.384. The zero-order valence-electron chi connectivity index (χ0n) is 9.47. The zero-order chi connectivity index (χ0) is 12.4. The van der Waals surface area contributed by atoms with Crippen molar-refractivity contribution in [3.8, 4) is 11.5 Å². The van der Waals surface area contributed by atoms with Gasteiger partial charge in [-0.2, -0.15) is 0 Å². The smallest absolute Gasteiger partial charge is 0.270 e. The Morgan fingerprint density at radius 1 is 1.00 bits per heavy atom. The molecule has 0 atom stereocenters. The minimum absolute atomic E-state index is 0.0599. The summed E-state index contributed by atoms with van der Waals surface area (Å²) in [6, 6.07) is 8.18. The van der Waals surface area contributed by atoms with E-state index in [9.17, 15) is 10.1 Å². The van der Waals surface area contributed by atoms with Gasteiger partial charge in [-0.25, -0.2) is 0 Å². The summed E-state index contributed by atoms with van der Waals surface area (Å²) in [4.78, 5) is 10.3. The van der Waals surface area contributed by atoms with Gasteiger partial charge in [-0.3, -0.25) is 10.1 Å². The fraction of sp³-hybridized carbons (Fsp3) is 0.167. The largest absolute Gasteiger partial charge is 0.493 e. The van der Waals surface area contributed by atoms with E-state index in [0.717, 1.165) is 10.8 Å². The first-order valence-corrected chi connectivity index (χ1v) is 4.96. The summed E-state index contributed by atoms with van der Waals surface area (Å²) < 4.78 is 10.3. The van der Waals surface area contributed by atoms with Crippen LogP contribution >= 0.6 is 0 Å². The summed E-state index contributed by atoms with van der Waals surface area (Å²) in [7, 11) is 3.08. The second-order valence-corrected chi connectivity index (χ2v) is 3.50. The van der Waals surface area contributed by atoms with Crippen molar-refractivity contribution in [2.24, 2.45) is 0 Å². The molecule has 0 N–H and O–H groups in total. The van der Waals surface area contributed by atoms with Crippen LogP contribution < -0.4 is 9.47 Å². The van der Waals surface area contributed by atoms with Gasteiger partial charge in [-0.15, -0.1) is 0 Å². The molecule has 0 aliphatic heterocycles. The molecule has 0 aliphatic rings. The van der Waals surface area contributed by atoms with Gasteiger partial charge in [0.15, 0.2) is 11.5 Å². The normalized spacial score (nSPS) is 10.2. The van der Waals surface area contributed by atoms with E-state index in [1.165, 1.54) is 19.2 Å². The molecule has 0 heterocycles. The third-order valence-corrected chi connectivity index (χ3v) is 2.54. The minimum Gasteiger partial charge on any atom is -0.493 e. The molecule has 0 radical (unpaired) electrons. The second-order valence-electron chi connectivity index (χ2n) is 3.50. The number of benzene rings is 2. The Morgan fingerprint density at radius 2 is 1.59 bits per heavy atom. The van der Waals surface area contributed by atoms with Crippen molar-refractivity contribution in [1.82, 2.24) is 0 Å². The van der Waals surface area contributed by atoms with Crippen LogP contribution in [0.15, 0.2) is 30.3 Å². The van der Waals surface area contributed by atoms with Crippen LogP contribution in [-0.2, 0) is 0 Å². The van der Waals surface area contributed by atoms with Crippen LogP contribution in [0, 0.1) is 10.1 Å². The van der Waals surface area contributed by atoms with E-state index in [4.69, 9.17) is 9.47 Å². The highest BCUT2D eigenvalue weighted by molar-refractivity contribution is 5.87. The summed E-state index contributed by atoms with van der Waals surface area (Å²) in [6.07, 6.45) is 0. The molecule has 0 fully saturated rings. The molecule has 88 valence electrons. The van der Waals surface area contributed by atoms with Gasteiger partial charge in [0.05, 0.1) is 19.1 Å². The van der Waals surface area contributed by atoms with E-state index in [1.54, 1.807) is 25.3 Å². The van der Waals surface area contributed by atoms with Gasteiger partial charge >= 0.3 is 0 Å². The summed E-state index contributed by atoms with van der Waals surface area (Å²) in [5, 5.41) is 12.3. The number of fused-ring (bicyclic) bond motifs is 1. The second kappa shape index (κ2) is 4.29.